The van der Waals surface area contributed by atoms with E-state index in [2.05, 4.69) is 5.32 Å². The fraction of sp³-hybridized carbons (Fsp3) is 0.438. The summed E-state index contributed by atoms with van der Waals surface area (Å²) < 4.78 is 0. The molecule has 1 atom stereocenters. The highest BCUT2D eigenvalue weighted by atomic mass is 16.2. The van der Waals surface area contributed by atoms with Crippen LogP contribution in [-0.4, -0.2) is 66.9 Å². The number of hydrogen-bond acceptors (Lipinski definition) is 3. The first-order chi connectivity index (χ1) is 11.0. The first-order valence-electron chi connectivity index (χ1n) is 7.63. The predicted octanol–water partition coefficient (Wildman–Crippen LogP) is 0.194. The fourth-order valence-corrected chi connectivity index (χ4v) is 2.88. The van der Waals surface area contributed by atoms with Gasteiger partial charge < -0.3 is 20.0 Å². The number of aryl methyl sites for hydroxylation is 1. The summed E-state index contributed by atoms with van der Waals surface area (Å²) in [7, 11) is 1.64. The van der Waals surface area contributed by atoms with Crippen LogP contribution in [-0.2, 0) is 9.59 Å². The SMILES string of the molecule is Cc1ccc(N2CCN(C(=O)[C@H]3CN(C)C(=O)N3)CC2=O)cc1. The maximum Gasteiger partial charge on any atom is 0.317 e. The van der Waals surface area contributed by atoms with Gasteiger partial charge in [-0.25, -0.2) is 4.79 Å². The first kappa shape index (κ1) is 15.3. The Hall–Kier alpha value is -2.57. The van der Waals surface area contributed by atoms with Crippen LogP contribution in [0.3, 0.4) is 0 Å². The van der Waals surface area contributed by atoms with Crippen LogP contribution >= 0.6 is 0 Å². The Bertz CT molecular complexity index is 643. The molecule has 0 aromatic heterocycles. The molecule has 2 fully saturated rings. The second kappa shape index (κ2) is 5.91. The number of hydrogen-bond donors (Lipinski definition) is 1. The molecular weight excluding hydrogens is 296 g/mol. The molecule has 0 unspecified atom stereocenters. The third-order valence-corrected chi connectivity index (χ3v) is 4.28. The van der Waals surface area contributed by atoms with Crippen molar-refractivity contribution in [3.8, 4) is 0 Å². The Balaban J connectivity index is 1.64. The molecule has 1 aromatic carbocycles. The average Bonchev–Trinajstić information content (AvgIpc) is 2.87. The van der Waals surface area contributed by atoms with Gasteiger partial charge in [-0.3, -0.25) is 9.59 Å². The summed E-state index contributed by atoms with van der Waals surface area (Å²) in [6.45, 7) is 3.31. The molecule has 2 aliphatic rings. The number of nitrogens with one attached hydrogen (secondary N) is 1. The van der Waals surface area contributed by atoms with Gasteiger partial charge in [-0.1, -0.05) is 17.7 Å². The van der Waals surface area contributed by atoms with Gasteiger partial charge in [0, 0.05) is 25.8 Å². The fourth-order valence-electron chi connectivity index (χ4n) is 2.88. The van der Waals surface area contributed by atoms with E-state index in [0.29, 0.717) is 19.6 Å². The van der Waals surface area contributed by atoms with Crippen molar-refractivity contribution in [3.05, 3.63) is 29.8 Å². The van der Waals surface area contributed by atoms with E-state index in [4.69, 9.17) is 0 Å². The van der Waals surface area contributed by atoms with Gasteiger partial charge in [0.25, 0.3) is 0 Å². The number of likely N-dealkylation sites (N-methyl/N-ethyl adjacent to an activating group) is 1. The van der Waals surface area contributed by atoms with Crippen molar-refractivity contribution in [3.63, 3.8) is 0 Å². The van der Waals surface area contributed by atoms with Crippen molar-refractivity contribution in [1.29, 1.82) is 0 Å². The Kier molecular flexibility index (Phi) is 3.94. The maximum atomic E-state index is 12.4. The number of anilines is 1. The molecule has 2 aliphatic heterocycles. The van der Waals surface area contributed by atoms with Gasteiger partial charge in [-0.05, 0) is 19.1 Å². The van der Waals surface area contributed by atoms with Crippen LogP contribution in [0.5, 0.6) is 0 Å². The molecule has 23 heavy (non-hydrogen) atoms. The summed E-state index contributed by atoms with van der Waals surface area (Å²) >= 11 is 0. The molecule has 1 aromatic rings. The van der Waals surface area contributed by atoms with Crippen LogP contribution < -0.4 is 10.2 Å². The van der Waals surface area contributed by atoms with Crippen LogP contribution in [0.25, 0.3) is 0 Å². The van der Waals surface area contributed by atoms with Crippen molar-refractivity contribution in [2.45, 2.75) is 13.0 Å². The molecule has 0 spiro atoms. The van der Waals surface area contributed by atoms with Crippen LogP contribution in [0.15, 0.2) is 24.3 Å². The number of benzene rings is 1. The largest absolute Gasteiger partial charge is 0.330 e. The number of urea groups is 1. The van der Waals surface area contributed by atoms with Gasteiger partial charge >= 0.3 is 6.03 Å². The third-order valence-electron chi connectivity index (χ3n) is 4.28. The van der Waals surface area contributed by atoms with Crippen LogP contribution in [0, 0.1) is 6.92 Å². The van der Waals surface area contributed by atoms with Crippen molar-refractivity contribution in [2.24, 2.45) is 0 Å². The average molecular weight is 316 g/mol. The highest BCUT2D eigenvalue weighted by Gasteiger charge is 2.36. The summed E-state index contributed by atoms with van der Waals surface area (Å²) in [5.41, 5.74) is 1.98. The Labute approximate surface area is 134 Å². The molecule has 2 heterocycles. The van der Waals surface area contributed by atoms with E-state index in [1.807, 2.05) is 31.2 Å². The molecule has 122 valence electrons. The summed E-state index contributed by atoms with van der Waals surface area (Å²) in [5, 5.41) is 2.64. The van der Waals surface area contributed by atoms with E-state index in [1.54, 1.807) is 11.9 Å². The van der Waals surface area contributed by atoms with Gasteiger partial charge in [0.1, 0.15) is 12.6 Å². The predicted molar refractivity (Wildman–Crippen MR) is 85.1 cm³/mol. The molecule has 0 aliphatic carbocycles. The summed E-state index contributed by atoms with van der Waals surface area (Å²) in [4.78, 5) is 41.0. The van der Waals surface area contributed by atoms with Crippen LogP contribution in [0.4, 0.5) is 10.5 Å². The quantitative estimate of drug-likeness (QED) is 0.847. The van der Waals surface area contributed by atoms with Gasteiger partial charge in [0.15, 0.2) is 0 Å². The number of amides is 4. The maximum absolute atomic E-state index is 12.4. The van der Waals surface area contributed by atoms with Crippen molar-refractivity contribution in [1.82, 2.24) is 15.1 Å². The standard InChI is InChI=1S/C16H20N4O3/c1-11-3-5-12(6-4-11)20-8-7-19(10-14(20)21)15(22)13-9-18(2)16(23)17-13/h3-6,13H,7-10H2,1-2H3,(H,17,23)/t13-/m1/s1. The van der Waals surface area contributed by atoms with E-state index in [1.165, 1.54) is 9.80 Å². The zero-order chi connectivity index (χ0) is 16.6. The van der Waals surface area contributed by atoms with Crippen molar-refractivity contribution >= 4 is 23.5 Å². The Morgan fingerprint density at radius 1 is 1.17 bits per heavy atom. The molecule has 0 bridgehead atoms. The molecule has 0 radical (unpaired) electrons. The Morgan fingerprint density at radius 2 is 1.87 bits per heavy atom. The van der Waals surface area contributed by atoms with E-state index in [9.17, 15) is 14.4 Å². The monoisotopic (exact) mass is 316 g/mol. The second-order valence-corrected chi connectivity index (χ2v) is 6.02. The van der Waals surface area contributed by atoms with Gasteiger partial charge in [0.2, 0.25) is 11.8 Å². The lowest BCUT2D eigenvalue weighted by Gasteiger charge is -2.35. The number of piperazine rings is 1. The lowest BCUT2D eigenvalue weighted by atomic mass is 10.1. The highest BCUT2D eigenvalue weighted by Crippen LogP contribution is 2.18. The van der Waals surface area contributed by atoms with Gasteiger partial charge in [-0.2, -0.15) is 0 Å². The number of nitrogens with zero attached hydrogens (tertiary/aromatic N) is 3. The first-order valence-corrected chi connectivity index (χ1v) is 7.63. The highest BCUT2D eigenvalue weighted by molar-refractivity contribution is 5.99. The third kappa shape index (κ3) is 2.99. The van der Waals surface area contributed by atoms with Crippen molar-refractivity contribution in [2.75, 3.05) is 38.1 Å². The topological polar surface area (TPSA) is 73.0 Å². The Morgan fingerprint density at radius 3 is 2.43 bits per heavy atom. The molecule has 4 amide bonds. The molecule has 2 saturated heterocycles. The lowest BCUT2D eigenvalue weighted by molar-refractivity contribution is -0.138. The van der Waals surface area contributed by atoms with E-state index >= 15 is 0 Å². The minimum absolute atomic E-state index is 0.0444. The minimum atomic E-state index is -0.564. The molecule has 7 nitrogen and oxygen atoms in total. The van der Waals surface area contributed by atoms with E-state index < -0.39 is 6.04 Å². The molecule has 0 saturated carbocycles. The second-order valence-electron chi connectivity index (χ2n) is 6.02. The molecule has 7 heteroatoms. The summed E-state index contributed by atoms with van der Waals surface area (Å²) in [6, 6.07) is 6.93. The smallest absolute Gasteiger partial charge is 0.317 e. The minimum Gasteiger partial charge on any atom is -0.330 e. The zero-order valence-electron chi connectivity index (χ0n) is 13.3. The zero-order valence-corrected chi connectivity index (χ0v) is 13.3. The van der Waals surface area contributed by atoms with Crippen molar-refractivity contribution < 1.29 is 14.4 Å². The number of rotatable bonds is 2. The molecular formula is C16H20N4O3. The molecule has 3 rings (SSSR count). The van der Waals surface area contributed by atoms with Crippen LogP contribution in [0.1, 0.15) is 5.56 Å². The normalized spacial score (nSPS) is 21.7. The summed E-state index contributed by atoms with van der Waals surface area (Å²) in [5.74, 6) is -0.300. The number of carbonyl (C=O) groups is 3. The lowest BCUT2D eigenvalue weighted by Crippen LogP contribution is -2.56. The summed E-state index contributed by atoms with van der Waals surface area (Å²) in [6.07, 6.45) is 0. The van der Waals surface area contributed by atoms with E-state index in [0.717, 1.165) is 11.3 Å². The van der Waals surface area contributed by atoms with E-state index in [-0.39, 0.29) is 24.4 Å². The van der Waals surface area contributed by atoms with Crippen LogP contribution in [0.2, 0.25) is 0 Å². The van der Waals surface area contributed by atoms with Gasteiger partial charge in [-0.15, -0.1) is 0 Å². The van der Waals surface area contributed by atoms with Gasteiger partial charge in [0.05, 0.1) is 6.54 Å². The number of carbonyl (C=O) groups excluding carboxylic acids is 3. The molecule has 1 N–H and O–H groups in total.